The van der Waals surface area contributed by atoms with Gasteiger partial charge in [0.05, 0.1) is 37.6 Å². The van der Waals surface area contributed by atoms with Crippen molar-refractivity contribution in [2.45, 2.75) is 217 Å². The molecule has 2 aliphatic rings. The minimum absolute atomic E-state index is 0.0354. The van der Waals surface area contributed by atoms with E-state index in [1.165, 1.54) is 37.5 Å². The molecular formula is C52H87N3O19P2. The second-order valence-electron chi connectivity index (χ2n) is 19.7. The molecule has 0 saturated carbocycles. The first-order valence-corrected chi connectivity index (χ1v) is 30.2. The van der Waals surface area contributed by atoms with Crippen molar-refractivity contribution in [3.63, 3.8) is 0 Å². The fourth-order valence-electron chi connectivity index (χ4n) is 8.80. The van der Waals surface area contributed by atoms with E-state index in [2.05, 4.69) is 40.5 Å². The van der Waals surface area contributed by atoms with Gasteiger partial charge >= 0.3 is 33.3 Å². The van der Waals surface area contributed by atoms with Crippen molar-refractivity contribution in [1.82, 2.24) is 9.55 Å². The zero-order valence-electron chi connectivity index (χ0n) is 44.4. The second-order valence-corrected chi connectivity index (χ2v) is 22.7. The lowest BCUT2D eigenvalue weighted by Gasteiger charge is -2.40. The third kappa shape index (κ3) is 26.9. The van der Waals surface area contributed by atoms with E-state index < -0.39 is 133 Å². The number of aromatic nitrogens is 2. The Morgan fingerprint density at radius 2 is 1.43 bits per heavy atom. The van der Waals surface area contributed by atoms with Crippen molar-refractivity contribution in [1.29, 1.82) is 0 Å². The number of Topliss-reactive ketones (excluding diaryl/α,β-unsaturated/α-hetero) is 1. The summed E-state index contributed by atoms with van der Waals surface area (Å²) in [6, 6.07) is 1.18. The van der Waals surface area contributed by atoms with Crippen molar-refractivity contribution in [2.24, 2.45) is 11.8 Å². The molecule has 1 aromatic rings. The Labute approximate surface area is 447 Å². The maximum absolute atomic E-state index is 13.7. The van der Waals surface area contributed by atoms with Gasteiger partial charge in [-0.2, -0.15) is 9.29 Å². The average Bonchev–Trinajstić information content (AvgIpc) is 3.35. The van der Waals surface area contributed by atoms with Crippen molar-refractivity contribution >= 4 is 39.2 Å². The number of hydrogen-bond donors (Lipinski definition) is 8. The number of ketones is 1. The lowest BCUT2D eigenvalue weighted by Crippen LogP contribution is -2.52. The van der Waals surface area contributed by atoms with Gasteiger partial charge in [-0.3, -0.25) is 28.0 Å². The number of nitrogens with two attached hydrogens (primary N) is 1. The molecule has 12 atom stereocenters. The molecule has 2 saturated heterocycles. The summed E-state index contributed by atoms with van der Waals surface area (Å²) < 4.78 is 58.9. The number of hydrogen-bond acceptors (Lipinski definition) is 19. The van der Waals surface area contributed by atoms with Crippen molar-refractivity contribution in [3.8, 4) is 0 Å². The first-order valence-electron chi connectivity index (χ1n) is 27.2. The Hall–Kier alpha value is -3.47. The first-order chi connectivity index (χ1) is 36.3. The van der Waals surface area contributed by atoms with Crippen LogP contribution in [0.1, 0.15) is 174 Å². The number of cyclic esters (lactones) is 1. The van der Waals surface area contributed by atoms with Crippen molar-refractivity contribution in [3.05, 3.63) is 59.2 Å². The molecule has 2 aliphatic heterocycles. The number of phosphoric acid groups is 2. The largest absolute Gasteiger partial charge is 0.481 e. The number of phosphoric ester groups is 2. The van der Waals surface area contributed by atoms with Gasteiger partial charge in [-0.05, 0) is 63.9 Å². The van der Waals surface area contributed by atoms with Crippen LogP contribution in [0.4, 0.5) is 5.82 Å². The minimum Gasteiger partial charge on any atom is -0.462 e. The number of allylic oxidation sites excluding steroid dienone is 4. The summed E-state index contributed by atoms with van der Waals surface area (Å²) in [4.78, 5) is 78.0. The average molecular weight is 1120 g/mol. The number of fused-ring (bicyclic) bond motifs is 3. The number of aliphatic hydroxyl groups is 5. The van der Waals surface area contributed by atoms with Gasteiger partial charge < -0.3 is 55.3 Å². The predicted octanol–water partition coefficient (Wildman–Crippen LogP) is 7.12. The van der Waals surface area contributed by atoms with Crippen molar-refractivity contribution in [2.75, 3.05) is 25.6 Å². The third-order valence-corrected chi connectivity index (χ3v) is 15.8. The molecule has 2 unspecified atom stereocenters. The molecule has 0 radical (unpaired) electrons. The second kappa shape index (κ2) is 36.7. The number of carbonyl (C=O) groups is 3. The highest BCUT2D eigenvalue weighted by Gasteiger charge is 2.45. The fraction of sp³-hybridized carbons (Fsp3) is 0.750. The van der Waals surface area contributed by atoms with E-state index in [4.69, 9.17) is 29.0 Å². The van der Waals surface area contributed by atoms with Crippen LogP contribution in [-0.4, -0.2) is 125 Å². The number of aliphatic hydroxyl groups excluding tert-OH is 5. The monoisotopic (exact) mass is 1120 g/mol. The topological polar surface area (TPSA) is 343 Å². The summed E-state index contributed by atoms with van der Waals surface area (Å²) in [5, 5.41) is 57.5. The number of nitrogens with zero attached hydrogens (tertiary/aromatic N) is 2. The zero-order chi connectivity index (χ0) is 55.9. The normalized spacial score (nSPS) is 29.8. The maximum atomic E-state index is 13.7. The standard InChI is InChI=1S/C52H87N3O19P2/c1-3-5-7-8-9-10-11-12-13-14-15-16-17-18-19-20-22-28-48(61)72-40-35-69-47(60)27-24-23-26-39(57)33-42-44(59)34-43(58)41(30-29-38(56)25-21-6-4-2)49(62)50(63)45(37-71-76(67,68)74-75(65,66)70-36-40)73-51(42)55-32-31-46(53)54-52(55)64/h9-10,12-13,29-32,38,40-45,49-51,56,58-59,62-63H,3-8,11,14-28,33-37H2,1-2H3,(H,65,66)(H,67,68)(H2,53,54,64)/b10-9-,13-12-,30-29+/t38-,40+,41-,42-,43+,44-,45+,49-,50+,51+/m0/s1. The van der Waals surface area contributed by atoms with Crippen LogP contribution < -0.4 is 11.4 Å². The van der Waals surface area contributed by atoms with Gasteiger partial charge in [0, 0.05) is 50.1 Å². The molecule has 24 heteroatoms. The molecule has 434 valence electrons. The molecule has 0 aromatic carbocycles. The van der Waals surface area contributed by atoms with E-state index in [0.717, 1.165) is 81.4 Å². The fourth-order valence-corrected chi connectivity index (χ4v) is 10.9. The zero-order valence-corrected chi connectivity index (χ0v) is 46.2. The van der Waals surface area contributed by atoms with E-state index in [9.17, 15) is 63.6 Å². The molecule has 1 aromatic heterocycles. The molecule has 0 amide bonds. The van der Waals surface area contributed by atoms with Gasteiger partial charge in [0.15, 0.2) is 6.10 Å². The lowest BCUT2D eigenvalue weighted by molar-refractivity contribution is -0.196. The molecule has 3 rings (SSSR count). The SMILES string of the molecule is CCCCC/C=C\C/C=C\CCCCCCCCCC(=O)O[C@@H]1COC(=O)CCCCC(=O)C[C@@H]2[C@H](n3ccc(N)nc3=O)O[C@H](COP(=O)(O)OP(=O)(O)OC1)[C@@H](O)[C@@H](O)[C@@H](/C=C/[C@@H](O)CCCCC)[C@H](O)C[C@@H]2O. The van der Waals surface area contributed by atoms with E-state index in [1.54, 1.807) is 0 Å². The molecule has 76 heavy (non-hydrogen) atoms. The van der Waals surface area contributed by atoms with E-state index in [0.29, 0.717) is 19.3 Å². The Kier molecular flexibility index (Phi) is 32.2. The van der Waals surface area contributed by atoms with Crippen LogP contribution in [0.15, 0.2) is 53.5 Å². The number of nitrogen functional groups attached to an aromatic ring is 1. The van der Waals surface area contributed by atoms with Crippen LogP contribution >= 0.6 is 15.6 Å². The Morgan fingerprint density at radius 1 is 0.816 bits per heavy atom. The van der Waals surface area contributed by atoms with Gasteiger partial charge in [0.25, 0.3) is 0 Å². The van der Waals surface area contributed by atoms with Gasteiger partial charge in [0.1, 0.15) is 36.6 Å². The molecule has 0 aliphatic carbocycles. The molecule has 9 N–H and O–H groups in total. The smallest absolute Gasteiger partial charge is 0.462 e. The highest BCUT2D eigenvalue weighted by molar-refractivity contribution is 7.61. The quantitative estimate of drug-likeness (QED) is 0.0221. The number of ether oxygens (including phenoxy) is 3. The van der Waals surface area contributed by atoms with Gasteiger partial charge in [-0.15, -0.1) is 0 Å². The molecule has 0 spiro atoms. The lowest BCUT2D eigenvalue weighted by atomic mass is 9.82. The molecule has 22 nitrogen and oxygen atoms in total. The molecule has 2 fully saturated rings. The summed E-state index contributed by atoms with van der Waals surface area (Å²) in [6.45, 7) is 1.28. The molecule has 2 bridgehead atoms. The number of carbonyl (C=O) groups excluding carboxylic acids is 3. The van der Waals surface area contributed by atoms with Crippen molar-refractivity contribution < 1.29 is 86.4 Å². The van der Waals surface area contributed by atoms with E-state index in [-0.39, 0.29) is 37.9 Å². The number of esters is 2. The molecular weight excluding hydrogens is 1030 g/mol. The summed E-state index contributed by atoms with van der Waals surface area (Å²) in [6.07, 6.45) is 12.8. The Balaban J connectivity index is 1.78. The van der Waals surface area contributed by atoms with Gasteiger partial charge in [0.2, 0.25) is 0 Å². The van der Waals surface area contributed by atoms with Crippen LogP contribution in [0, 0.1) is 11.8 Å². The van der Waals surface area contributed by atoms with Gasteiger partial charge in [-0.1, -0.05) is 115 Å². The van der Waals surface area contributed by atoms with Crippen LogP contribution in [0.2, 0.25) is 0 Å². The van der Waals surface area contributed by atoms with E-state index in [1.807, 2.05) is 6.92 Å². The van der Waals surface area contributed by atoms with Crippen LogP contribution in [0.3, 0.4) is 0 Å². The molecule has 3 heterocycles. The third-order valence-electron chi connectivity index (χ3n) is 13.2. The van der Waals surface area contributed by atoms with Crippen LogP contribution in [0.25, 0.3) is 0 Å². The summed E-state index contributed by atoms with van der Waals surface area (Å²) in [7, 11) is -11.4. The highest BCUT2D eigenvalue weighted by Crippen LogP contribution is 2.60. The van der Waals surface area contributed by atoms with E-state index >= 15 is 0 Å². The maximum Gasteiger partial charge on any atom is 0.481 e. The van der Waals surface area contributed by atoms with Crippen LogP contribution in [-0.2, 0) is 51.1 Å². The highest BCUT2D eigenvalue weighted by atomic mass is 31.3. The predicted molar refractivity (Wildman–Crippen MR) is 282 cm³/mol. The van der Waals surface area contributed by atoms with Crippen LogP contribution in [0.5, 0.6) is 0 Å². The number of anilines is 1. The van der Waals surface area contributed by atoms with Gasteiger partial charge in [-0.25, -0.2) is 13.9 Å². The summed E-state index contributed by atoms with van der Waals surface area (Å²) in [5.74, 6) is -5.20. The number of rotatable bonds is 24. The Morgan fingerprint density at radius 3 is 2.11 bits per heavy atom. The Bertz CT molecular complexity index is 2110. The number of unbranched alkanes of at least 4 members (excludes halogenated alkanes) is 12. The first kappa shape index (κ1) is 66.8. The minimum atomic E-state index is -5.76. The summed E-state index contributed by atoms with van der Waals surface area (Å²) >= 11 is 0. The summed E-state index contributed by atoms with van der Waals surface area (Å²) in [5.41, 5.74) is 4.67.